The van der Waals surface area contributed by atoms with Gasteiger partial charge >= 0.3 is 0 Å². The van der Waals surface area contributed by atoms with Gasteiger partial charge in [0.1, 0.15) is 0 Å². The van der Waals surface area contributed by atoms with Gasteiger partial charge in [-0.25, -0.2) is 0 Å². The molecule has 4 aliphatic carbocycles. The summed E-state index contributed by atoms with van der Waals surface area (Å²) in [5.74, 6) is 3.69. The largest absolute Gasteiger partial charge is 0.330 e. The van der Waals surface area contributed by atoms with Gasteiger partial charge in [-0.05, 0) is 86.0 Å². The van der Waals surface area contributed by atoms with Crippen LogP contribution in [0, 0.1) is 34.5 Å². The van der Waals surface area contributed by atoms with Gasteiger partial charge in [-0.2, -0.15) is 0 Å². The van der Waals surface area contributed by atoms with Crippen LogP contribution in [0.15, 0.2) is 0 Å². The maximum atomic E-state index is 6.04. The van der Waals surface area contributed by atoms with Crippen molar-refractivity contribution in [2.45, 2.75) is 65.7 Å². The van der Waals surface area contributed by atoms with Gasteiger partial charge < -0.3 is 5.73 Å². The summed E-state index contributed by atoms with van der Waals surface area (Å²) in [6.45, 7) is 8.16. The first kappa shape index (κ1) is 13.0. The zero-order valence-electron chi connectivity index (χ0n) is 12.5. The van der Waals surface area contributed by atoms with Crippen LogP contribution in [0.2, 0.25) is 0 Å². The first-order chi connectivity index (χ1) is 8.47. The van der Waals surface area contributed by atoms with Crippen LogP contribution < -0.4 is 5.73 Å². The summed E-state index contributed by atoms with van der Waals surface area (Å²) < 4.78 is 0. The van der Waals surface area contributed by atoms with E-state index in [0.717, 1.165) is 30.2 Å². The summed E-state index contributed by atoms with van der Waals surface area (Å²) in [4.78, 5) is 0. The number of nitrogens with two attached hydrogens (primary N) is 1. The van der Waals surface area contributed by atoms with Crippen LogP contribution in [-0.4, -0.2) is 6.54 Å². The third-order valence-electron chi connectivity index (χ3n) is 6.47. The van der Waals surface area contributed by atoms with Crippen LogP contribution in [0.1, 0.15) is 65.7 Å². The predicted octanol–water partition coefficient (Wildman–Crippen LogP) is 4.21. The van der Waals surface area contributed by atoms with E-state index in [9.17, 15) is 0 Å². The number of hydrogen-bond acceptors (Lipinski definition) is 1. The second-order valence-corrected chi connectivity index (χ2v) is 8.56. The van der Waals surface area contributed by atoms with Crippen LogP contribution >= 0.6 is 0 Å². The lowest BCUT2D eigenvalue weighted by atomic mass is 9.41. The lowest BCUT2D eigenvalue weighted by Crippen LogP contribution is -2.55. The molecule has 0 spiro atoms. The van der Waals surface area contributed by atoms with Crippen LogP contribution in [0.5, 0.6) is 0 Å². The van der Waals surface area contributed by atoms with Crippen molar-refractivity contribution < 1.29 is 0 Å². The van der Waals surface area contributed by atoms with Crippen molar-refractivity contribution in [3.63, 3.8) is 0 Å². The molecule has 4 bridgehead atoms. The molecule has 3 atom stereocenters. The molecule has 104 valence electrons. The molecule has 0 aromatic rings. The average molecular weight is 249 g/mol. The topological polar surface area (TPSA) is 26.0 Å². The molecular formula is C17H31N. The van der Waals surface area contributed by atoms with E-state index in [0.29, 0.717) is 10.8 Å². The van der Waals surface area contributed by atoms with Gasteiger partial charge in [0.05, 0.1) is 0 Å². The van der Waals surface area contributed by atoms with Crippen molar-refractivity contribution in [1.82, 2.24) is 0 Å². The quantitative estimate of drug-likeness (QED) is 0.793. The zero-order valence-corrected chi connectivity index (χ0v) is 12.5. The van der Waals surface area contributed by atoms with Gasteiger partial charge in [0.25, 0.3) is 0 Å². The Morgan fingerprint density at radius 1 is 1.06 bits per heavy atom. The minimum atomic E-state index is 0.633. The fourth-order valence-corrected chi connectivity index (χ4v) is 6.46. The molecule has 0 saturated heterocycles. The van der Waals surface area contributed by atoms with E-state index in [1.54, 1.807) is 19.3 Å². The summed E-state index contributed by atoms with van der Waals surface area (Å²) in [7, 11) is 0. The third kappa shape index (κ3) is 1.94. The van der Waals surface area contributed by atoms with Gasteiger partial charge in [0.2, 0.25) is 0 Å². The lowest BCUT2D eigenvalue weighted by molar-refractivity contribution is -0.138. The Balaban J connectivity index is 1.88. The molecule has 3 unspecified atom stereocenters. The molecule has 0 amide bonds. The number of rotatable bonds is 4. The van der Waals surface area contributed by atoms with Crippen molar-refractivity contribution in [3.8, 4) is 0 Å². The minimum absolute atomic E-state index is 0.633. The second-order valence-electron chi connectivity index (χ2n) is 8.56. The fourth-order valence-electron chi connectivity index (χ4n) is 6.46. The Morgan fingerprint density at radius 2 is 1.67 bits per heavy atom. The van der Waals surface area contributed by atoms with Crippen molar-refractivity contribution in [2.24, 2.45) is 40.2 Å². The summed E-state index contributed by atoms with van der Waals surface area (Å²) in [6, 6.07) is 0. The second kappa shape index (κ2) is 4.23. The van der Waals surface area contributed by atoms with Gasteiger partial charge in [0, 0.05) is 0 Å². The molecule has 0 aliphatic heterocycles. The Hall–Kier alpha value is -0.0400. The summed E-state index contributed by atoms with van der Waals surface area (Å²) in [5, 5.41) is 0. The average Bonchev–Trinajstić information content (AvgIpc) is 2.24. The Kier molecular flexibility index (Phi) is 3.05. The van der Waals surface area contributed by atoms with E-state index in [4.69, 9.17) is 5.73 Å². The normalized spacial score (nSPS) is 47.8. The predicted molar refractivity (Wildman–Crippen MR) is 77.2 cm³/mol. The fraction of sp³-hybridized carbons (Fsp3) is 1.00. The highest BCUT2D eigenvalue weighted by molar-refractivity contribution is 5.09. The molecule has 18 heavy (non-hydrogen) atoms. The van der Waals surface area contributed by atoms with Gasteiger partial charge in [-0.3, -0.25) is 0 Å². The van der Waals surface area contributed by atoms with Crippen LogP contribution in [-0.2, 0) is 0 Å². The Morgan fingerprint density at radius 3 is 2.17 bits per heavy atom. The molecule has 4 fully saturated rings. The highest BCUT2D eigenvalue weighted by atomic mass is 14.7. The summed E-state index contributed by atoms with van der Waals surface area (Å²) in [5.41, 5.74) is 7.38. The van der Waals surface area contributed by atoms with Gasteiger partial charge in [-0.15, -0.1) is 0 Å². The van der Waals surface area contributed by atoms with E-state index in [2.05, 4.69) is 20.8 Å². The maximum Gasteiger partial charge on any atom is -0.00462 e. The third-order valence-corrected chi connectivity index (χ3v) is 6.47. The van der Waals surface area contributed by atoms with Crippen molar-refractivity contribution in [3.05, 3.63) is 0 Å². The summed E-state index contributed by atoms with van der Waals surface area (Å²) in [6.07, 6.45) is 10.6. The molecule has 4 saturated carbocycles. The zero-order chi connectivity index (χ0) is 13.0. The first-order valence-corrected chi connectivity index (χ1v) is 8.17. The minimum Gasteiger partial charge on any atom is -0.330 e. The highest BCUT2D eigenvalue weighted by Crippen LogP contribution is 2.68. The van der Waals surface area contributed by atoms with E-state index < -0.39 is 0 Å². The van der Waals surface area contributed by atoms with E-state index in [1.807, 2.05) is 0 Å². The van der Waals surface area contributed by atoms with Crippen molar-refractivity contribution in [1.29, 1.82) is 0 Å². The SMILES string of the molecule is CC(C)CC12CC3CC(C1)CC(C(C)CN)(C3)C2. The van der Waals surface area contributed by atoms with Gasteiger partial charge in [0.15, 0.2) is 0 Å². The van der Waals surface area contributed by atoms with E-state index >= 15 is 0 Å². The van der Waals surface area contributed by atoms with Crippen LogP contribution in [0.4, 0.5) is 0 Å². The smallest absolute Gasteiger partial charge is 0.00462 e. The monoisotopic (exact) mass is 249 g/mol. The lowest BCUT2D eigenvalue weighted by Gasteiger charge is -2.64. The first-order valence-electron chi connectivity index (χ1n) is 8.17. The van der Waals surface area contributed by atoms with E-state index in [1.165, 1.54) is 25.7 Å². The van der Waals surface area contributed by atoms with Gasteiger partial charge in [-0.1, -0.05) is 20.8 Å². The summed E-state index contributed by atoms with van der Waals surface area (Å²) >= 11 is 0. The molecule has 1 heteroatoms. The molecule has 4 rings (SSSR count). The standard InChI is InChI=1S/C17H31N/c1-12(2)5-16-6-14-4-15(7-16)9-17(8-14,11-16)13(3)10-18/h12-15H,4-11,18H2,1-3H3. The Bertz CT molecular complexity index is 300. The molecule has 1 nitrogen and oxygen atoms in total. The van der Waals surface area contributed by atoms with Crippen LogP contribution in [0.25, 0.3) is 0 Å². The van der Waals surface area contributed by atoms with Crippen LogP contribution in [0.3, 0.4) is 0 Å². The number of hydrogen-bond donors (Lipinski definition) is 1. The molecule has 4 aliphatic rings. The highest BCUT2D eigenvalue weighted by Gasteiger charge is 2.58. The van der Waals surface area contributed by atoms with E-state index in [-0.39, 0.29) is 0 Å². The molecule has 0 aromatic carbocycles. The molecule has 0 heterocycles. The molecule has 0 aromatic heterocycles. The van der Waals surface area contributed by atoms with Crippen molar-refractivity contribution >= 4 is 0 Å². The molecule has 2 N–H and O–H groups in total. The molecule has 0 radical (unpaired) electrons. The maximum absolute atomic E-state index is 6.04. The molecular weight excluding hydrogens is 218 g/mol. The van der Waals surface area contributed by atoms with Crippen molar-refractivity contribution in [2.75, 3.05) is 6.54 Å². The Labute approximate surface area is 113 Å².